The molecule has 0 saturated heterocycles. The van der Waals surface area contributed by atoms with E-state index in [0.29, 0.717) is 16.7 Å². The lowest BCUT2D eigenvalue weighted by molar-refractivity contribution is 0.225. The fourth-order valence-corrected chi connectivity index (χ4v) is 3.32. The molecular formula is C19H17FN4OS. The van der Waals surface area contributed by atoms with Crippen molar-refractivity contribution in [1.82, 2.24) is 15.2 Å². The highest BCUT2D eigenvalue weighted by atomic mass is 32.2. The minimum Gasteiger partial charge on any atom is -0.448 e. The van der Waals surface area contributed by atoms with Gasteiger partial charge in [0, 0.05) is 22.6 Å². The molecule has 26 heavy (non-hydrogen) atoms. The number of hydrogen-bond acceptors (Lipinski definition) is 6. The highest BCUT2D eigenvalue weighted by molar-refractivity contribution is 7.99. The van der Waals surface area contributed by atoms with E-state index in [1.165, 1.54) is 12.1 Å². The number of nitrogens with zero attached hydrogens (tertiary/aromatic N) is 3. The average Bonchev–Trinajstić information content (AvgIpc) is 2.83. The summed E-state index contributed by atoms with van der Waals surface area (Å²) in [6, 6.07) is 14.0. The molecule has 0 radical (unpaired) electrons. The lowest BCUT2D eigenvalue weighted by Gasteiger charge is -2.19. The van der Waals surface area contributed by atoms with Crippen LogP contribution in [-0.4, -0.2) is 20.9 Å². The molecule has 0 saturated carbocycles. The van der Waals surface area contributed by atoms with Crippen LogP contribution in [0.2, 0.25) is 0 Å². The van der Waals surface area contributed by atoms with E-state index in [1.807, 2.05) is 24.3 Å². The molecule has 1 aliphatic rings. The Morgan fingerprint density at radius 1 is 1.12 bits per heavy atom. The van der Waals surface area contributed by atoms with Crippen LogP contribution in [0.3, 0.4) is 0 Å². The first-order valence-corrected chi connectivity index (χ1v) is 9.38. The van der Waals surface area contributed by atoms with Crippen LogP contribution in [0, 0.1) is 5.82 Å². The predicted octanol–water partition coefficient (Wildman–Crippen LogP) is 4.68. The molecule has 1 atom stereocenters. The van der Waals surface area contributed by atoms with Crippen molar-refractivity contribution in [2.45, 2.75) is 24.7 Å². The minimum atomic E-state index is -0.501. The van der Waals surface area contributed by atoms with Crippen molar-refractivity contribution >= 4 is 17.4 Å². The van der Waals surface area contributed by atoms with Crippen molar-refractivity contribution < 1.29 is 9.13 Å². The number of hydrogen-bond donors (Lipinski definition) is 1. The van der Waals surface area contributed by atoms with Crippen molar-refractivity contribution in [3.63, 3.8) is 0 Å². The zero-order valence-corrected chi connectivity index (χ0v) is 15.0. The first-order chi connectivity index (χ1) is 12.7. The van der Waals surface area contributed by atoms with Crippen molar-refractivity contribution in [1.29, 1.82) is 0 Å². The Labute approximate surface area is 155 Å². The van der Waals surface area contributed by atoms with Crippen LogP contribution < -0.4 is 10.1 Å². The number of anilines is 1. The molecule has 0 aliphatic carbocycles. The van der Waals surface area contributed by atoms with E-state index in [4.69, 9.17) is 4.74 Å². The number of thioether (sulfide) groups is 1. The van der Waals surface area contributed by atoms with Gasteiger partial charge >= 0.3 is 0 Å². The number of ether oxygens (including phenoxy) is 1. The Bertz CT molecular complexity index is 920. The van der Waals surface area contributed by atoms with Gasteiger partial charge in [-0.2, -0.15) is 4.98 Å². The number of benzene rings is 2. The molecule has 1 aromatic heterocycles. The maximum atomic E-state index is 13.3. The number of rotatable bonds is 4. The van der Waals surface area contributed by atoms with Crippen molar-refractivity contribution in [2.24, 2.45) is 0 Å². The van der Waals surface area contributed by atoms with Crippen molar-refractivity contribution in [3.05, 3.63) is 59.9 Å². The highest BCUT2D eigenvalue weighted by Crippen LogP contribution is 2.39. The molecule has 0 bridgehead atoms. The molecule has 3 aromatic rings. The SMILES string of the molecule is CCCSc1nnc2c(n1)O[C@H](c1ccc(F)cc1)Nc1ccccc1-2. The second-order valence-electron chi connectivity index (χ2n) is 5.84. The van der Waals surface area contributed by atoms with Crippen LogP contribution in [0.4, 0.5) is 10.1 Å². The summed E-state index contributed by atoms with van der Waals surface area (Å²) in [4.78, 5) is 4.56. The third-order valence-corrected chi connectivity index (χ3v) is 4.99. The first-order valence-electron chi connectivity index (χ1n) is 8.40. The lowest BCUT2D eigenvalue weighted by Crippen LogP contribution is -2.17. The van der Waals surface area contributed by atoms with Crippen LogP contribution in [0.15, 0.2) is 53.7 Å². The Balaban J connectivity index is 1.78. The quantitative estimate of drug-likeness (QED) is 0.675. The van der Waals surface area contributed by atoms with Gasteiger partial charge in [-0.15, -0.1) is 10.2 Å². The molecule has 2 aromatic carbocycles. The fraction of sp³-hybridized carbons (Fsp3) is 0.211. The number of aromatic nitrogens is 3. The van der Waals surface area contributed by atoms with Gasteiger partial charge in [-0.25, -0.2) is 4.39 Å². The van der Waals surface area contributed by atoms with E-state index < -0.39 is 6.23 Å². The second-order valence-corrected chi connectivity index (χ2v) is 6.90. The Kier molecular flexibility index (Phi) is 4.71. The Morgan fingerprint density at radius 2 is 1.92 bits per heavy atom. The molecule has 2 heterocycles. The summed E-state index contributed by atoms with van der Waals surface area (Å²) in [5.74, 6) is 1.05. The van der Waals surface area contributed by atoms with Crippen LogP contribution in [0.1, 0.15) is 25.1 Å². The standard InChI is InChI=1S/C19H17FN4OS/c1-2-11-26-19-22-18-16(23-24-19)14-5-3-4-6-15(14)21-17(25-18)12-7-9-13(20)10-8-12/h3-10,17,21H,2,11H2,1H3/t17-/m1/s1. The minimum absolute atomic E-state index is 0.287. The average molecular weight is 368 g/mol. The number of nitrogens with one attached hydrogen (secondary N) is 1. The van der Waals surface area contributed by atoms with Gasteiger partial charge in [-0.1, -0.05) is 49.0 Å². The van der Waals surface area contributed by atoms with E-state index in [1.54, 1.807) is 23.9 Å². The summed E-state index contributed by atoms with van der Waals surface area (Å²) in [6.45, 7) is 2.10. The summed E-state index contributed by atoms with van der Waals surface area (Å²) < 4.78 is 19.4. The molecule has 0 amide bonds. The van der Waals surface area contributed by atoms with Crippen molar-refractivity contribution in [3.8, 4) is 17.1 Å². The highest BCUT2D eigenvalue weighted by Gasteiger charge is 2.25. The molecular weight excluding hydrogens is 351 g/mol. The zero-order chi connectivity index (χ0) is 17.9. The molecule has 7 heteroatoms. The number of fused-ring (bicyclic) bond motifs is 3. The summed E-state index contributed by atoms with van der Waals surface area (Å²) in [5.41, 5.74) is 3.14. The summed E-state index contributed by atoms with van der Waals surface area (Å²) in [7, 11) is 0. The summed E-state index contributed by atoms with van der Waals surface area (Å²) in [5, 5.41) is 12.5. The van der Waals surface area contributed by atoms with Gasteiger partial charge in [0.05, 0.1) is 0 Å². The second kappa shape index (κ2) is 7.29. The molecule has 5 nitrogen and oxygen atoms in total. The molecule has 0 spiro atoms. The number of para-hydroxylation sites is 1. The monoisotopic (exact) mass is 368 g/mol. The molecule has 132 valence electrons. The number of halogens is 1. The Hall–Kier alpha value is -2.67. The molecule has 1 aliphatic heterocycles. The van der Waals surface area contributed by atoms with Gasteiger partial charge in [0.1, 0.15) is 5.82 Å². The normalized spacial score (nSPS) is 15.2. The Morgan fingerprint density at radius 3 is 2.73 bits per heavy atom. The van der Waals surface area contributed by atoms with Gasteiger partial charge in [0.25, 0.3) is 0 Å². The molecule has 0 fully saturated rings. The first kappa shape index (κ1) is 16.8. The van der Waals surface area contributed by atoms with Gasteiger partial charge in [0.15, 0.2) is 11.9 Å². The maximum Gasteiger partial charge on any atom is 0.247 e. The van der Waals surface area contributed by atoms with Gasteiger partial charge < -0.3 is 10.1 Å². The van der Waals surface area contributed by atoms with E-state index in [9.17, 15) is 4.39 Å². The molecule has 0 unspecified atom stereocenters. The maximum absolute atomic E-state index is 13.3. The van der Waals surface area contributed by atoms with E-state index in [0.717, 1.165) is 29.0 Å². The van der Waals surface area contributed by atoms with Crippen molar-refractivity contribution in [2.75, 3.05) is 11.1 Å². The predicted molar refractivity (Wildman–Crippen MR) is 99.7 cm³/mol. The zero-order valence-electron chi connectivity index (χ0n) is 14.1. The molecule has 4 rings (SSSR count). The fourth-order valence-electron chi connectivity index (χ4n) is 2.69. The van der Waals surface area contributed by atoms with E-state index in [-0.39, 0.29) is 5.82 Å². The van der Waals surface area contributed by atoms with Gasteiger partial charge in [0.2, 0.25) is 11.0 Å². The summed E-state index contributed by atoms with van der Waals surface area (Å²) in [6.07, 6.45) is 0.521. The van der Waals surface area contributed by atoms with Crippen LogP contribution >= 0.6 is 11.8 Å². The summed E-state index contributed by atoms with van der Waals surface area (Å²) >= 11 is 1.55. The topological polar surface area (TPSA) is 59.9 Å². The third kappa shape index (κ3) is 3.35. The van der Waals surface area contributed by atoms with Gasteiger partial charge in [-0.3, -0.25) is 0 Å². The molecule has 1 N–H and O–H groups in total. The van der Waals surface area contributed by atoms with E-state index >= 15 is 0 Å². The van der Waals surface area contributed by atoms with Crippen LogP contribution in [-0.2, 0) is 0 Å². The third-order valence-electron chi connectivity index (χ3n) is 3.94. The largest absolute Gasteiger partial charge is 0.448 e. The smallest absolute Gasteiger partial charge is 0.247 e. The lowest BCUT2D eigenvalue weighted by atomic mass is 10.1. The van der Waals surface area contributed by atoms with Crippen LogP contribution in [0.5, 0.6) is 5.88 Å². The van der Waals surface area contributed by atoms with E-state index in [2.05, 4.69) is 27.4 Å². The van der Waals surface area contributed by atoms with Gasteiger partial charge in [-0.05, 0) is 24.6 Å². The van der Waals surface area contributed by atoms with Crippen LogP contribution in [0.25, 0.3) is 11.3 Å².